The number of aromatic nitrogens is 8. The predicted molar refractivity (Wildman–Crippen MR) is 116 cm³/mol. The Balaban J connectivity index is 1.61. The standard InChI is InChI=1S/C22H20N8O/c1-28-17-12-14(8-11-16(17)25-27-28)18-19(24-20(23-18)13-6-4-3-5-7-13)21-26-29(2)22(31)30(21)15-9-10-15/h3-8,11-12,15H,9-10H2,1-2H3,(H,23,24). The summed E-state index contributed by atoms with van der Waals surface area (Å²) in [7, 11) is 3.55. The zero-order valence-corrected chi connectivity index (χ0v) is 17.1. The van der Waals surface area contributed by atoms with E-state index in [1.807, 2.05) is 55.6 Å². The number of aryl methyl sites for hydroxylation is 2. The largest absolute Gasteiger partial charge is 0.346 e. The second-order valence-corrected chi connectivity index (χ2v) is 7.92. The molecule has 3 aromatic heterocycles. The number of hydrogen-bond donors (Lipinski definition) is 1. The van der Waals surface area contributed by atoms with Gasteiger partial charge in [0.2, 0.25) is 0 Å². The van der Waals surface area contributed by atoms with E-state index in [1.54, 1.807) is 16.3 Å². The maximum atomic E-state index is 12.8. The highest BCUT2D eigenvalue weighted by atomic mass is 16.2. The molecule has 9 nitrogen and oxygen atoms in total. The second kappa shape index (κ2) is 6.49. The van der Waals surface area contributed by atoms with Crippen LogP contribution in [-0.2, 0) is 14.1 Å². The monoisotopic (exact) mass is 412 g/mol. The number of imidazole rings is 1. The van der Waals surface area contributed by atoms with Gasteiger partial charge in [0.15, 0.2) is 5.82 Å². The first-order valence-corrected chi connectivity index (χ1v) is 10.2. The quantitative estimate of drug-likeness (QED) is 0.489. The van der Waals surface area contributed by atoms with Crippen LogP contribution in [0, 0.1) is 0 Å². The van der Waals surface area contributed by atoms with Crippen LogP contribution in [0.1, 0.15) is 18.9 Å². The lowest BCUT2D eigenvalue weighted by Crippen LogP contribution is -2.22. The SMILES string of the molecule is Cn1nc(-c2[nH]c(-c3ccccc3)nc2-c2ccc3nnn(C)c3c2)n(C2CC2)c1=O. The lowest BCUT2D eigenvalue weighted by Gasteiger charge is -2.05. The molecule has 1 aliphatic carbocycles. The first kappa shape index (κ1) is 17.8. The molecule has 1 N–H and O–H groups in total. The highest BCUT2D eigenvalue weighted by molar-refractivity contribution is 5.85. The summed E-state index contributed by atoms with van der Waals surface area (Å²) in [5, 5.41) is 12.8. The Morgan fingerprint density at radius 1 is 1.00 bits per heavy atom. The van der Waals surface area contributed by atoms with Crippen LogP contribution in [0.2, 0.25) is 0 Å². The van der Waals surface area contributed by atoms with Gasteiger partial charge in [-0.3, -0.25) is 4.57 Å². The minimum absolute atomic E-state index is 0.106. The first-order valence-electron chi connectivity index (χ1n) is 10.2. The van der Waals surface area contributed by atoms with Crippen LogP contribution >= 0.6 is 0 Å². The maximum absolute atomic E-state index is 12.8. The first-order chi connectivity index (χ1) is 15.1. The molecule has 0 saturated heterocycles. The molecule has 0 spiro atoms. The second-order valence-electron chi connectivity index (χ2n) is 7.92. The van der Waals surface area contributed by atoms with E-state index in [4.69, 9.17) is 4.98 Å². The third-order valence-corrected chi connectivity index (χ3v) is 5.73. The van der Waals surface area contributed by atoms with E-state index in [9.17, 15) is 4.79 Å². The Morgan fingerprint density at radius 3 is 2.58 bits per heavy atom. The van der Waals surface area contributed by atoms with Gasteiger partial charge in [0.05, 0.1) is 5.52 Å². The van der Waals surface area contributed by atoms with E-state index in [-0.39, 0.29) is 11.7 Å². The normalized spacial score (nSPS) is 13.9. The van der Waals surface area contributed by atoms with Gasteiger partial charge in [-0.1, -0.05) is 41.6 Å². The van der Waals surface area contributed by atoms with Crippen LogP contribution in [0.3, 0.4) is 0 Å². The minimum atomic E-state index is -0.106. The van der Waals surface area contributed by atoms with Gasteiger partial charge >= 0.3 is 5.69 Å². The van der Waals surface area contributed by atoms with Crippen molar-refractivity contribution >= 4 is 11.0 Å². The summed E-state index contributed by atoms with van der Waals surface area (Å²) >= 11 is 0. The van der Waals surface area contributed by atoms with Crippen LogP contribution < -0.4 is 5.69 Å². The maximum Gasteiger partial charge on any atom is 0.346 e. The highest BCUT2D eigenvalue weighted by Crippen LogP contribution is 2.39. The molecule has 1 fully saturated rings. The molecule has 0 amide bonds. The lowest BCUT2D eigenvalue weighted by molar-refractivity contribution is 0.667. The lowest BCUT2D eigenvalue weighted by atomic mass is 10.1. The van der Waals surface area contributed by atoms with Crippen molar-refractivity contribution in [3.8, 4) is 34.2 Å². The van der Waals surface area contributed by atoms with Gasteiger partial charge in [0, 0.05) is 31.3 Å². The average molecular weight is 412 g/mol. The number of H-pyrrole nitrogens is 1. The van der Waals surface area contributed by atoms with Crippen molar-refractivity contribution in [3.05, 3.63) is 59.0 Å². The van der Waals surface area contributed by atoms with Gasteiger partial charge in [0.1, 0.15) is 22.7 Å². The van der Waals surface area contributed by atoms with Gasteiger partial charge in [0.25, 0.3) is 0 Å². The van der Waals surface area contributed by atoms with Gasteiger partial charge < -0.3 is 4.98 Å². The molecule has 3 heterocycles. The molecule has 2 aromatic carbocycles. The van der Waals surface area contributed by atoms with Crippen LogP contribution in [0.5, 0.6) is 0 Å². The van der Waals surface area contributed by atoms with E-state index < -0.39 is 0 Å². The predicted octanol–water partition coefficient (Wildman–Crippen LogP) is 2.92. The summed E-state index contributed by atoms with van der Waals surface area (Å²) in [6.45, 7) is 0. The fraction of sp³-hybridized carbons (Fsp3) is 0.227. The molecular formula is C22H20N8O. The third kappa shape index (κ3) is 2.81. The van der Waals surface area contributed by atoms with Crippen LogP contribution in [0.25, 0.3) is 45.2 Å². The van der Waals surface area contributed by atoms with Crippen molar-refractivity contribution in [1.82, 2.24) is 39.3 Å². The highest BCUT2D eigenvalue weighted by Gasteiger charge is 2.32. The number of benzene rings is 2. The minimum Gasteiger partial charge on any atom is -0.335 e. The molecule has 0 aliphatic heterocycles. The van der Waals surface area contributed by atoms with E-state index in [0.29, 0.717) is 5.82 Å². The van der Waals surface area contributed by atoms with Crippen LogP contribution in [0.15, 0.2) is 53.3 Å². The summed E-state index contributed by atoms with van der Waals surface area (Å²) in [6, 6.07) is 16.1. The smallest absolute Gasteiger partial charge is 0.335 e. The van der Waals surface area contributed by atoms with Crippen molar-refractivity contribution in [2.45, 2.75) is 18.9 Å². The fourth-order valence-electron chi connectivity index (χ4n) is 3.97. The Bertz CT molecular complexity index is 1480. The number of rotatable bonds is 4. The molecule has 0 bridgehead atoms. The molecular weight excluding hydrogens is 392 g/mol. The summed E-state index contributed by atoms with van der Waals surface area (Å²) in [5.41, 5.74) is 4.98. The molecule has 5 aromatic rings. The molecule has 0 unspecified atom stereocenters. The Hall–Kier alpha value is -4.01. The Kier molecular flexibility index (Phi) is 3.73. The van der Waals surface area contributed by atoms with Crippen molar-refractivity contribution < 1.29 is 0 Å². The Morgan fingerprint density at radius 2 is 1.81 bits per heavy atom. The van der Waals surface area contributed by atoms with Crippen molar-refractivity contribution in [3.63, 3.8) is 0 Å². The van der Waals surface area contributed by atoms with Crippen LogP contribution in [0.4, 0.5) is 0 Å². The molecule has 31 heavy (non-hydrogen) atoms. The topological polar surface area (TPSA) is 99.2 Å². The molecule has 9 heteroatoms. The Labute approximate surface area is 177 Å². The summed E-state index contributed by atoms with van der Waals surface area (Å²) in [6.07, 6.45) is 1.97. The van der Waals surface area contributed by atoms with E-state index in [1.165, 1.54) is 4.68 Å². The van der Waals surface area contributed by atoms with Crippen LogP contribution in [-0.4, -0.2) is 39.3 Å². The number of nitrogens with zero attached hydrogens (tertiary/aromatic N) is 7. The molecule has 1 saturated carbocycles. The molecule has 6 rings (SSSR count). The number of aromatic amines is 1. The van der Waals surface area contributed by atoms with Gasteiger partial charge in [-0.15, -0.1) is 10.2 Å². The van der Waals surface area contributed by atoms with Crippen molar-refractivity contribution in [2.24, 2.45) is 14.1 Å². The van der Waals surface area contributed by atoms with Gasteiger partial charge in [-0.05, 0) is 25.0 Å². The number of hydrogen-bond acceptors (Lipinski definition) is 5. The van der Waals surface area contributed by atoms with Gasteiger partial charge in [-0.25, -0.2) is 19.1 Å². The van der Waals surface area contributed by atoms with E-state index >= 15 is 0 Å². The molecule has 0 radical (unpaired) electrons. The zero-order chi connectivity index (χ0) is 21.1. The summed E-state index contributed by atoms with van der Waals surface area (Å²) in [5.74, 6) is 1.34. The molecule has 1 aliphatic rings. The van der Waals surface area contributed by atoms with E-state index in [2.05, 4.69) is 20.4 Å². The van der Waals surface area contributed by atoms with E-state index in [0.717, 1.165) is 52.2 Å². The third-order valence-electron chi connectivity index (χ3n) is 5.73. The summed E-state index contributed by atoms with van der Waals surface area (Å²) < 4.78 is 4.93. The van der Waals surface area contributed by atoms with Crippen molar-refractivity contribution in [2.75, 3.05) is 0 Å². The fourth-order valence-corrected chi connectivity index (χ4v) is 3.97. The van der Waals surface area contributed by atoms with Crippen molar-refractivity contribution in [1.29, 1.82) is 0 Å². The zero-order valence-electron chi connectivity index (χ0n) is 17.1. The number of fused-ring (bicyclic) bond motifs is 1. The molecule has 154 valence electrons. The molecule has 0 atom stereocenters. The number of nitrogens with one attached hydrogen (secondary N) is 1. The average Bonchev–Trinajstić information content (AvgIpc) is 3.30. The van der Waals surface area contributed by atoms with Gasteiger partial charge in [-0.2, -0.15) is 0 Å². The summed E-state index contributed by atoms with van der Waals surface area (Å²) in [4.78, 5) is 21.1.